The Morgan fingerprint density at radius 1 is 1.23 bits per heavy atom. The highest BCUT2D eigenvalue weighted by molar-refractivity contribution is 6.09. The number of aromatic hydroxyl groups is 1. The van der Waals surface area contributed by atoms with Crippen LogP contribution in [0.15, 0.2) is 66.0 Å². The minimum absolute atomic E-state index is 0.241. The van der Waals surface area contributed by atoms with E-state index in [4.69, 9.17) is 0 Å². The Hall–Kier alpha value is -3.34. The molecule has 0 saturated carbocycles. The molecule has 0 unspecified atom stereocenters. The molecule has 5 nitrogen and oxygen atoms in total. The molecule has 0 saturated heterocycles. The van der Waals surface area contributed by atoms with Crippen molar-refractivity contribution in [2.45, 2.75) is 19.9 Å². The second kappa shape index (κ2) is 7.27. The zero-order valence-corrected chi connectivity index (χ0v) is 14.5. The van der Waals surface area contributed by atoms with Crippen LogP contribution in [0.3, 0.4) is 0 Å². The normalized spacial score (nSPS) is 10.7. The van der Waals surface area contributed by atoms with Gasteiger partial charge in [-0.05, 0) is 36.2 Å². The van der Waals surface area contributed by atoms with Crippen LogP contribution in [0.25, 0.3) is 10.9 Å². The summed E-state index contributed by atoms with van der Waals surface area (Å²) in [6.07, 6.45) is 2.41. The van der Waals surface area contributed by atoms with Gasteiger partial charge in [-0.25, -0.2) is 0 Å². The topological polar surface area (TPSA) is 71.3 Å². The van der Waals surface area contributed by atoms with E-state index in [2.05, 4.69) is 11.9 Å². The molecule has 0 aliphatic carbocycles. The van der Waals surface area contributed by atoms with Crippen molar-refractivity contribution in [1.29, 1.82) is 0 Å². The average Bonchev–Trinajstić information content (AvgIpc) is 2.65. The molecule has 26 heavy (non-hydrogen) atoms. The maximum absolute atomic E-state index is 12.8. The van der Waals surface area contributed by atoms with Gasteiger partial charge >= 0.3 is 0 Å². The zero-order chi connectivity index (χ0) is 18.7. The Labute approximate surface area is 151 Å². The number of pyridine rings is 1. The lowest BCUT2D eigenvalue weighted by Crippen LogP contribution is -2.29. The summed E-state index contributed by atoms with van der Waals surface area (Å²) in [5, 5.41) is 13.7. The van der Waals surface area contributed by atoms with Gasteiger partial charge in [0.25, 0.3) is 11.5 Å². The molecule has 3 aromatic rings. The van der Waals surface area contributed by atoms with Crippen LogP contribution in [-0.4, -0.2) is 15.6 Å². The number of para-hydroxylation sites is 1. The molecule has 0 bridgehead atoms. The molecule has 5 heteroatoms. The fourth-order valence-corrected chi connectivity index (χ4v) is 2.97. The number of benzene rings is 2. The fraction of sp³-hybridized carbons (Fsp3) is 0.143. The van der Waals surface area contributed by atoms with Gasteiger partial charge in [0.15, 0.2) is 0 Å². The molecule has 132 valence electrons. The first-order valence-electron chi connectivity index (χ1n) is 8.42. The molecular weight excluding hydrogens is 328 g/mol. The first kappa shape index (κ1) is 17.5. The molecule has 0 spiro atoms. The molecule has 2 N–H and O–H groups in total. The fourth-order valence-electron chi connectivity index (χ4n) is 2.97. The summed E-state index contributed by atoms with van der Waals surface area (Å²) in [6.45, 7) is 5.92. The molecule has 0 radical (unpaired) electrons. The Kier molecular flexibility index (Phi) is 4.89. The number of nitrogens with one attached hydrogen (secondary N) is 1. The number of aromatic nitrogens is 1. The number of nitrogens with zero attached hydrogens (tertiary/aromatic N) is 1. The Morgan fingerprint density at radius 3 is 2.73 bits per heavy atom. The van der Waals surface area contributed by atoms with Crippen LogP contribution in [0.2, 0.25) is 0 Å². The van der Waals surface area contributed by atoms with E-state index in [1.54, 1.807) is 36.4 Å². The Balaban J connectivity index is 2.13. The highest BCUT2D eigenvalue weighted by Crippen LogP contribution is 2.27. The molecule has 0 aliphatic rings. The van der Waals surface area contributed by atoms with Crippen molar-refractivity contribution in [3.05, 3.63) is 82.7 Å². The molecule has 1 amide bonds. The van der Waals surface area contributed by atoms with Crippen LogP contribution >= 0.6 is 0 Å². The van der Waals surface area contributed by atoms with Gasteiger partial charge in [-0.2, -0.15) is 0 Å². The molecule has 1 heterocycles. The highest BCUT2D eigenvalue weighted by atomic mass is 16.3. The lowest BCUT2D eigenvalue weighted by Gasteiger charge is -2.14. The molecule has 2 aromatic carbocycles. The maximum atomic E-state index is 12.8. The largest absolute Gasteiger partial charge is 0.506 e. The number of allylic oxidation sites excluding steroid dienone is 1. The van der Waals surface area contributed by atoms with Crippen molar-refractivity contribution in [2.75, 3.05) is 5.32 Å². The van der Waals surface area contributed by atoms with E-state index in [-0.39, 0.29) is 17.9 Å². The predicted molar refractivity (Wildman–Crippen MR) is 104 cm³/mol. The van der Waals surface area contributed by atoms with Gasteiger partial charge in [-0.15, -0.1) is 6.58 Å². The van der Waals surface area contributed by atoms with Crippen LogP contribution in [-0.2, 0) is 13.0 Å². The summed E-state index contributed by atoms with van der Waals surface area (Å²) in [5.41, 5.74) is 1.38. The van der Waals surface area contributed by atoms with Gasteiger partial charge in [0.1, 0.15) is 11.3 Å². The number of fused-ring (bicyclic) bond motifs is 1. The van der Waals surface area contributed by atoms with E-state index in [1.807, 2.05) is 25.1 Å². The van der Waals surface area contributed by atoms with E-state index in [1.165, 1.54) is 4.57 Å². The second-order valence-corrected chi connectivity index (χ2v) is 5.95. The lowest BCUT2D eigenvalue weighted by atomic mass is 10.1. The van der Waals surface area contributed by atoms with E-state index >= 15 is 0 Å². The van der Waals surface area contributed by atoms with Crippen molar-refractivity contribution in [3.63, 3.8) is 0 Å². The third-order valence-electron chi connectivity index (χ3n) is 4.28. The van der Waals surface area contributed by atoms with Crippen LogP contribution < -0.4 is 10.9 Å². The third-order valence-corrected chi connectivity index (χ3v) is 4.28. The van der Waals surface area contributed by atoms with Crippen molar-refractivity contribution >= 4 is 22.5 Å². The zero-order valence-electron chi connectivity index (χ0n) is 14.5. The molecule has 1 aromatic heterocycles. The molecular formula is C21H20N2O3. The van der Waals surface area contributed by atoms with E-state index < -0.39 is 11.5 Å². The summed E-state index contributed by atoms with van der Waals surface area (Å²) in [7, 11) is 0. The summed E-state index contributed by atoms with van der Waals surface area (Å²) < 4.78 is 1.43. The smallest absolute Gasteiger partial charge is 0.268 e. The van der Waals surface area contributed by atoms with Gasteiger partial charge in [-0.3, -0.25) is 9.59 Å². The van der Waals surface area contributed by atoms with Gasteiger partial charge in [0.2, 0.25) is 0 Å². The van der Waals surface area contributed by atoms with Crippen molar-refractivity contribution in [1.82, 2.24) is 4.57 Å². The average molecular weight is 348 g/mol. The van der Waals surface area contributed by atoms with Crippen LogP contribution in [0.4, 0.5) is 5.69 Å². The van der Waals surface area contributed by atoms with Gasteiger partial charge < -0.3 is 15.0 Å². The highest BCUT2D eigenvalue weighted by Gasteiger charge is 2.22. The molecule has 3 rings (SSSR count). The number of amides is 1. The van der Waals surface area contributed by atoms with E-state index in [0.29, 0.717) is 16.6 Å². The second-order valence-electron chi connectivity index (χ2n) is 5.95. The number of carbonyl (C=O) groups excluding carboxylic acids is 1. The first-order valence-corrected chi connectivity index (χ1v) is 8.42. The lowest BCUT2D eigenvalue weighted by molar-refractivity contribution is 0.102. The summed E-state index contributed by atoms with van der Waals surface area (Å²) >= 11 is 0. The SMILES string of the molecule is C=CCn1c(=O)c(C(=O)Nc2cccc(CC)c2)c(O)c2ccccc21. The molecule has 0 aliphatic heterocycles. The van der Waals surface area contributed by atoms with E-state index in [9.17, 15) is 14.7 Å². The minimum atomic E-state index is -0.635. The van der Waals surface area contributed by atoms with Gasteiger partial charge in [0, 0.05) is 17.6 Å². The maximum Gasteiger partial charge on any atom is 0.268 e. The van der Waals surface area contributed by atoms with Crippen molar-refractivity contribution in [2.24, 2.45) is 0 Å². The predicted octanol–water partition coefficient (Wildman–Crippen LogP) is 3.71. The van der Waals surface area contributed by atoms with Crippen molar-refractivity contribution < 1.29 is 9.90 Å². The van der Waals surface area contributed by atoms with E-state index in [0.717, 1.165) is 12.0 Å². The third kappa shape index (κ3) is 3.11. The Morgan fingerprint density at radius 2 is 2.00 bits per heavy atom. The number of rotatable bonds is 5. The van der Waals surface area contributed by atoms with Gasteiger partial charge in [0.05, 0.1) is 5.52 Å². The van der Waals surface area contributed by atoms with Gasteiger partial charge in [-0.1, -0.05) is 37.3 Å². The number of carbonyl (C=O) groups is 1. The summed E-state index contributed by atoms with van der Waals surface area (Å²) in [5.74, 6) is -0.945. The van der Waals surface area contributed by atoms with Crippen LogP contribution in [0, 0.1) is 0 Å². The minimum Gasteiger partial charge on any atom is -0.506 e. The Bertz CT molecular complexity index is 1050. The van der Waals surface area contributed by atoms with Crippen LogP contribution in [0.1, 0.15) is 22.8 Å². The first-order chi connectivity index (χ1) is 12.6. The summed E-state index contributed by atoms with van der Waals surface area (Å²) in [6, 6.07) is 14.3. The quantitative estimate of drug-likeness (QED) is 0.691. The monoisotopic (exact) mass is 348 g/mol. The number of hydrogen-bond donors (Lipinski definition) is 2. The number of hydrogen-bond acceptors (Lipinski definition) is 3. The summed E-state index contributed by atoms with van der Waals surface area (Å²) in [4.78, 5) is 25.6. The molecule has 0 atom stereocenters. The van der Waals surface area contributed by atoms with Crippen LogP contribution in [0.5, 0.6) is 5.75 Å². The molecule has 0 fully saturated rings. The number of aryl methyl sites for hydroxylation is 1. The number of anilines is 1. The van der Waals surface area contributed by atoms with Crippen molar-refractivity contribution in [3.8, 4) is 5.75 Å². The standard InChI is InChI=1S/C21H20N2O3/c1-3-12-23-17-11-6-5-10-16(17)19(24)18(21(23)26)20(25)22-15-9-7-8-14(4-2)13-15/h3,5-11,13,24H,1,4,12H2,2H3,(H,22,25).